The zero-order valence-electron chi connectivity index (χ0n) is 21.3. The molecule has 8 nitrogen and oxygen atoms in total. The molecule has 11 heteroatoms. The lowest BCUT2D eigenvalue weighted by Gasteiger charge is -2.35. The minimum Gasteiger partial charge on any atom is -0.493 e. The smallest absolute Gasteiger partial charge is 0.182 e. The Morgan fingerprint density at radius 2 is 1.87 bits per heavy atom. The molecule has 0 aromatic heterocycles. The number of halogens is 2. The highest BCUT2D eigenvalue weighted by molar-refractivity contribution is 7.92. The van der Waals surface area contributed by atoms with Crippen LogP contribution in [0.25, 0.3) is 0 Å². The van der Waals surface area contributed by atoms with Crippen molar-refractivity contribution in [1.82, 2.24) is 10.2 Å². The minimum absolute atomic E-state index is 0.0570. The van der Waals surface area contributed by atoms with Crippen LogP contribution < -0.4 is 15.0 Å². The summed E-state index contributed by atoms with van der Waals surface area (Å²) in [5, 5.41) is 10.5. The summed E-state index contributed by atoms with van der Waals surface area (Å²) in [7, 11) is -3.84. The molecule has 2 fully saturated rings. The first-order chi connectivity index (χ1) is 18.2. The zero-order valence-corrected chi connectivity index (χ0v) is 22.8. The molecule has 1 heterocycles. The number of Topliss-reactive ketones (excluding diaryl/α,β-unsaturated/α-hetero) is 1. The molecule has 1 saturated heterocycles. The van der Waals surface area contributed by atoms with Crippen molar-refractivity contribution >= 4 is 32.9 Å². The lowest BCUT2D eigenvalue weighted by atomic mass is 9.92. The SMILES string of the molecule is CCN1CCN(c2ccc(S(=O)(=O)[C@H]3C[C@@H](COc4ccc(F)cc4)[C@H](C(=O)CNC#N)C3)c(Cl)c2)CC1. The van der Waals surface area contributed by atoms with E-state index >= 15 is 0 Å². The van der Waals surface area contributed by atoms with Crippen molar-refractivity contribution in [2.45, 2.75) is 29.9 Å². The van der Waals surface area contributed by atoms with Crippen molar-refractivity contribution in [3.8, 4) is 11.9 Å². The van der Waals surface area contributed by atoms with Crippen molar-refractivity contribution in [3.63, 3.8) is 0 Å². The molecule has 1 aliphatic carbocycles. The molecule has 1 N–H and O–H groups in total. The van der Waals surface area contributed by atoms with E-state index in [4.69, 9.17) is 21.6 Å². The third kappa shape index (κ3) is 6.40. The van der Waals surface area contributed by atoms with Crippen molar-refractivity contribution in [2.24, 2.45) is 11.8 Å². The van der Waals surface area contributed by atoms with E-state index in [0.29, 0.717) is 5.75 Å². The molecule has 2 aromatic carbocycles. The first-order valence-corrected chi connectivity index (χ1v) is 14.7. The first kappa shape index (κ1) is 28.1. The third-order valence-electron chi connectivity index (χ3n) is 7.53. The predicted octanol–water partition coefficient (Wildman–Crippen LogP) is 3.51. The lowest BCUT2D eigenvalue weighted by molar-refractivity contribution is -0.123. The summed E-state index contributed by atoms with van der Waals surface area (Å²) in [6.45, 7) is 6.61. The van der Waals surface area contributed by atoms with E-state index in [0.717, 1.165) is 38.4 Å². The van der Waals surface area contributed by atoms with Crippen molar-refractivity contribution in [2.75, 3.05) is 50.8 Å². The number of ketones is 1. The van der Waals surface area contributed by atoms with E-state index in [-0.39, 0.29) is 47.6 Å². The van der Waals surface area contributed by atoms with Gasteiger partial charge in [0.15, 0.2) is 21.8 Å². The first-order valence-electron chi connectivity index (χ1n) is 12.8. The third-order valence-corrected chi connectivity index (χ3v) is 10.2. The van der Waals surface area contributed by atoms with Gasteiger partial charge in [-0.2, -0.15) is 5.26 Å². The zero-order chi connectivity index (χ0) is 27.3. The molecule has 0 unspecified atom stereocenters. The van der Waals surface area contributed by atoms with Gasteiger partial charge in [-0.25, -0.2) is 12.8 Å². The number of piperazine rings is 1. The Hall–Kier alpha value is -2.87. The van der Waals surface area contributed by atoms with Crippen LogP contribution in [0, 0.1) is 29.1 Å². The van der Waals surface area contributed by atoms with Gasteiger partial charge >= 0.3 is 0 Å². The van der Waals surface area contributed by atoms with Crippen LogP contribution in [0.2, 0.25) is 5.02 Å². The van der Waals surface area contributed by atoms with Crippen LogP contribution in [0.5, 0.6) is 5.75 Å². The number of hydrogen-bond donors (Lipinski definition) is 1. The second-order valence-corrected chi connectivity index (χ2v) is 12.3. The molecule has 204 valence electrons. The number of sulfone groups is 1. The average molecular weight is 563 g/mol. The quantitative estimate of drug-likeness (QED) is 0.347. The molecule has 0 radical (unpaired) electrons. The monoisotopic (exact) mass is 562 g/mol. The van der Waals surface area contributed by atoms with Gasteiger partial charge in [-0.3, -0.25) is 4.79 Å². The number of rotatable bonds is 10. The van der Waals surface area contributed by atoms with E-state index < -0.39 is 26.8 Å². The summed E-state index contributed by atoms with van der Waals surface area (Å²) in [6, 6.07) is 10.6. The Bertz CT molecular complexity index is 1280. The highest BCUT2D eigenvalue weighted by Crippen LogP contribution is 2.41. The van der Waals surface area contributed by atoms with E-state index in [9.17, 15) is 17.6 Å². The number of benzene rings is 2. The van der Waals surface area contributed by atoms with Crippen molar-refractivity contribution in [1.29, 1.82) is 5.26 Å². The number of nitrogens with zero attached hydrogens (tertiary/aromatic N) is 3. The second-order valence-electron chi connectivity index (χ2n) is 9.74. The topological polar surface area (TPSA) is 103 Å². The number of nitriles is 1. The van der Waals surface area contributed by atoms with Gasteiger partial charge in [0.25, 0.3) is 0 Å². The van der Waals surface area contributed by atoms with Crippen LogP contribution >= 0.6 is 11.6 Å². The summed E-state index contributed by atoms with van der Waals surface area (Å²) in [4.78, 5) is 17.5. The Kier molecular flexibility index (Phi) is 9.13. The molecule has 1 aliphatic heterocycles. The highest BCUT2D eigenvalue weighted by atomic mass is 35.5. The maximum absolute atomic E-state index is 13.7. The lowest BCUT2D eigenvalue weighted by Crippen LogP contribution is -2.46. The Morgan fingerprint density at radius 3 is 2.50 bits per heavy atom. The normalized spacial score (nSPS) is 22.2. The fraction of sp³-hybridized carbons (Fsp3) is 0.481. The van der Waals surface area contributed by atoms with E-state index in [1.54, 1.807) is 24.4 Å². The van der Waals surface area contributed by atoms with Crippen LogP contribution in [0.1, 0.15) is 19.8 Å². The molecule has 0 amide bonds. The van der Waals surface area contributed by atoms with Crippen molar-refractivity contribution < 1.29 is 22.3 Å². The number of carbonyl (C=O) groups excluding carboxylic acids is 1. The number of ether oxygens (including phenoxy) is 1. The summed E-state index contributed by atoms with van der Waals surface area (Å²) >= 11 is 6.54. The van der Waals surface area contributed by atoms with Crippen molar-refractivity contribution in [3.05, 3.63) is 53.3 Å². The number of nitrogens with one attached hydrogen (secondary N) is 1. The summed E-state index contributed by atoms with van der Waals surface area (Å²) in [5.74, 6) is -1.21. The highest BCUT2D eigenvalue weighted by Gasteiger charge is 2.45. The molecule has 3 atom stereocenters. The summed E-state index contributed by atoms with van der Waals surface area (Å²) in [5.41, 5.74) is 0.886. The Morgan fingerprint density at radius 1 is 1.16 bits per heavy atom. The van der Waals surface area contributed by atoms with Gasteiger partial charge in [0.2, 0.25) is 0 Å². The molecule has 2 aromatic rings. The van der Waals surface area contributed by atoms with Gasteiger partial charge in [0.05, 0.1) is 28.3 Å². The molecule has 38 heavy (non-hydrogen) atoms. The van der Waals surface area contributed by atoms with E-state index in [1.165, 1.54) is 24.3 Å². The van der Waals surface area contributed by atoms with Gasteiger partial charge in [0, 0.05) is 43.7 Å². The van der Waals surface area contributed by atoms with Gasteiger partial charge < -0.3 is 19.9 Å². The summed E-state index contributed by atoms with van der Waals surface area (Å²) in [6.07, 6.45) is 2.06. The van der Waals surface area contributed by atoms with Gasteiger partial charge in [0.1, 0.15) is 11.6 Å². The molecule has 0 bridgehead atoms. The largest absolute Gasteiger partial charge is 0.493 e. The van der Waals surface area contributed by atoms with E-state index in [1.807, 2.05) is 0 Å². The number of hydrogen-bond acceptors (Lipinski definition) is 8. The molecular formula is C27H32ClFN4O4S. The minimum atomic E-state index is -3.84. The average Bonchev–Trinajstić information content (AvgIpc) is 3.36. The van der Waals surface area contributed by atoms with Gasteiger partial charge in [-0.1, -0.05) is 18.5 Å². The number of anilines is 1. The Labute approximate surface area is 228 Å². The van der Waals surface area contributed by atoms with Crippen LogP contribution in [0.3, 0.4) is 0 Å². The molecular weight excluding hydrogens is 531 g/mol. The number of likely N-dealkylation sites (N-methyl/N-ethyl adjacent to an activating group) is 1. The fourth-order valence-electron chi connectivity index (χ4n) is 5.32. The second kappa shape index (κ2) is 12.3. The summed E-state index contributed by atoms with van der Waals surface area (Å²) < 4.78 is 46.4. The van der Waals surface area contributed by atoms with Gasteiger partial charge in [-0.15, -0.1) is 0 Å². The maximum atomic E-state index is 13.7. The van der Waals surface area contributed by atoms with E-state index in [2.05, 4.69) is 22.0 Å². The fourth-order valence-corrected chi connectivity index (χ4v) is 7.72. The van der Waals surface area contributed by atoms with Crippen LogP contribution in [-0.4, -0.2) is 70.2 Å². The molecule has 2 aliphatic rings. The molecule has 1 saturated carbocycles. The Balaban J connectivity index is 1.50. The van der Waals surface area contributed by atoms with Crippen LogP contribution in [0.15, 0.2) is 47.4 Å². The number of carbonyl (C=O) groups is 1. The maximum Gasteiger partial charge on any atom is 0.182 e. The van der Waals surface area contributed by atoms with Crippen LogP contribution in [0.4, 0.5) is 10.1 Å². The van der Waals surface area contributed by atoms with Gasteiger partial charge in [-0.05, 0) is 61.9 Å². The molecule has 4 rings (SSSR count). The predicted molar refractivity (Wildman–Crippen MR) is 143 cm³/mol. The standard InChI is InChI=1S/C27H32ClFN4O4S/c1-2-32-9-11-33(12-10-32)21-5-8-27(25(28)14-21)38(35,36)23-13-19(24(15-23)26(34)16-31-18-30)17-37-22-6-3-20(29)4-7-22/h3-8,14,19,23-24,31H,2,9-13,15-17H2,1H3/t19-,23-,24+/m0/s1. The van der Waals surface area contributed by atoms with Crippen LogP contribution in [-0.2, 0) is 14.6 Å². The molecule has 0 spiro atoms.